The minimum Gasteiger partial charge on any atom is -0.497 e. The van der Waals surface area contributed by atoms with Gasteiger partial charge in [-0.2, -0.15) is 0 Å². The molecule has 2 aliphatic rings. The van der Waals surface area contributed by atoms with Crippen molar-refractivity contribution >= 4 is 42.4 Å². The molecule has 3 amide bonds. The van der Waals surface area contributed by atoms with Crippen LogP contribution in [-0.2, 0) is 31.3 Å². The lowest BCUT2D eigenvalue weighted by Crippen LogP contribution is -2.52. The number of aliphatic hydroxyl groups excluding tert-OH is 2. The number of benzene rings is 3. The summed E-state index contributed by atoms with van der Waals surface area (Å²) in [5.74, 6) is -0.663. The highest BCUT2D eigenvalue weighted by Gasteiger charge is 2.65. The standard InChI is InChI=1S/C35H43N3O7Si/c1-22-32(46(4,5)27-14-12-26(44-3)13-15-27)30(20-31(41)38(17-18-39)21-24-9-7-6-8-10-24)45-35(22)28-19-25(36-33(42)23(2)40)11-16-29(28)37-34(35)43/h6-16,19,22-23,30,32,39-40H,17-18,20-21H2,1-5H3,(H,36,42)(H,37,43)/t22-,23+,30+,32-,35+/m1/s1. The first kappa shape index (κ1) is 33.3. The lowest BCUT2D eigenvalue weighted by Gasteiger charge is -2.37. The Morgan fingerprint density at radius 1 is 1.11 bits per heavy atom. The first-order valence-electron chi connectivity index (χ1n) is 15.6. The summed E-state index contributed by atoms with van der Waals surface area (Å²) in [6.45, 7) is 8.19. The number of fused-ring (bicyclic) bond motifs is 2. The maximum absolute atomic E-state index is 14.0. The summed E-state index contributed by atoms with van der Waals surface area (Å²) in [6.07, 6.45) is -1.80. The Hall–Kier alpha value is -4.03. The van der Waals surface area contributed by atoms with Gasteiger partial charge in [-0.05, 0) is 48.4 Å². The molecule has 244 valence electrons. The second-order valence-electron chi connectivity index (χ2n) is 12.8. The van der Waals surface area contributed by atoms with Gasteiger partial charge in [0.25, 0.3) is 11.8 Å². The average molecular weight is 646 g/mol. The molecule has 0 saturated carbocycles. The van der Waals surface area contributed by atoms with E-state index < -0.39 is 31.8 Å². The van der Waals surface area contributed by atoms with E-state index in [0.29, 0.717) is 23.5 Å². The number of anilines is 2. The van der Waals surface area contributed by atoms with E-state index >= 15 is 0 Å². The van der Waals surface area contributed by atoms with Gasteiger partial charge in [-0.3, -0.25) is 14.4 Å². The molecule has 0 unspecified atom stereocenters. The number of hydrogen-bond donors (Lipinski definition) is 4. The van der Waals surface area contributed by atoms with Crippen LogP contribution < -0.4 is 20.6 Å². The number of rotatable bonds is 11. The zero-order valence-corrected chi connectivity index (χ0v) is 27.9. The fourth-order valence-corrected chi connectivity index (χ4v) is 11.2. The van der Waals surface area contributed by atoms with E-state index in [2.05, 4.69) is 35.9 Å². The van der Waals surface area contributed by atoms with Gasteiger partial charge in [0.15, 0.2) is 5.60 Å². The molecule has 0 aromatic heterocycles. The number of aliphatic hydroxyl groups is 2. The van der Waals surface area contributed by atoms with Gasteiger partial charge >= 0.3 is 0 Å². The highest BCUT2D eigenvalue weighted by atomic mass is 28.3. The number of nitrogens with one attached hydrogen (secondary N) is 2. The maximum Gasteiger partial charge on any atom is 0.261 e. The first-order chi connectivity index (χ1) is 21.9. The van der Waals surface area contributed by atoms with Crippen LogP contribution in [0.15, 0.2) is 72.8 Å². The molecule has 1 spiro atoms. The molecule has 2 heterocycles. The molecular weight excluding hydrogens is 602 g/mol. The first-order valence-corrected chi connectivity index (χ1v) is 18.7. The van der Waals surface area contributed by atoms with E-state index in [-0.39, 0.29) is 42.8 Å². The van der Waals surface area contributed by atoms with E-state index in [9.17, 15) is 24.6 Å². The summed E-state index contributed by atoms with van der Waals surface area (Å²) < 4.78 is 12.3. The van der Waals surface area contributed by atoms with Crippen molar-refractivity contribution in [1.29, 1.82) is 0 Å². The Morgan fingerprint density at radius 2 is 1.80 bits per heavy atom. The maximum atomic E-state index is 14.0. The smallest absolute Gasteiger partial charge is 0.261 e. The zero-order chi connectivity index (χ0) is 33.2. The Labute approximate surface area is 270 Å². The van der Waals surface area contributed by atoms with Crippen LogP contribution >= 0.6 is 0 Å². The summed E-state index contributed by atoms with van der Waals surface area (Å²) in [4.78, 5) is 42.0. The number of nitrogens with zero attached hydrogens (tertiary/aromatic N) is 1. The molecule has 10 nitrogen and oxygen atoms in total. The highest BCUT2D eigenvalue weighted by Crippen LogP contribution is 2.59. The van der Waals surface area contributed by atoms with Gasteiger partial charge in [0.2, 0.25) is 5.91 Å². The van der Waals surface area contributed by atoms with Crippen molar-refractivity contribution in [3.63, 3.8) is 0 Å². The van der Waals surface area contributed by atoms with Gasteiger partial charge in [0.05, 0.1) is 34.3 Å². The fourth-order valence-electron chi connectivity index (χ4n) is 7.17. The van der Waals surface area contributed by atoms with Crippen LogP contribution in [0.4, 0.5) is 11.4 Å². The normalized spacial score (nSPS) is 22.7. The van der Waals surface area contributed by atoms with Crippen LogP contribution in [-0.4, -0.2) is 73.4 Å². The van der Waals surface area contributed by atoms with Gasteiger partial charge in [0, 0.05) is 35.9 Å². The monoisotopic (exact) mass is 645 g/mol. The number of ether oxygens (including phenoxy) is 2. The van der Waals surface area contributed by atoms with Gasteiger partial charge in [-0.25, -0.2) is 0 Å². The predicted molar refractivity (Wildman–Crippen MR) is 179 cm³/mol. The zero-order valence-electron chi connectivity index (χ0n) is 26.9. The molecule has 46 heavy (non-hydrogen) atoms. The molecule has 11 heteroatoms. The van der Waals surface area contributed by atoms with E-state index in [0.717, 1.165) is 16.5 Å². The lowest BCUT2D eigenvalue weighted by atomic mass is 9.82. The van der Waals surface area contributed by atoms with Crippen LogP contribution in [0.1, 0.15) is 31.4 Å². The van der Waals surface area contributed by atoms with Crippen molar-refractivity contribution in [2.24, 2.45) is 5.92 Å². The van der Waals surface area contributed by atoms with Crippen molar-refractivity contribution < 1.29 is 34.1 Å². The summed E-state index contributed by atoms with van der Waals surface area (Å²) >= 11 is 0. The highest BCUT2D eigenvalue weighted by molar-refractivity contribution is 6.91. The molecule has 4 N–H and O–H groups in total. The topological polar surface area (TPSA) is 137 Å². The van der Waals surface area contributed by atoms with Crippen molar-refractivity contribution in [1.82, 2.24) is 4.90 Å². The number of methoxy groups -OCH3 is 1. The predicted octanol–water partition coefficient (Wildman–Crippen LogP) is 3.59. The third-order valence-corrected chi connectivity index (χ3v) is 13.9. The lowest BCUT2D eigenvalue weighted by molar-refractivity contribution is -0.148. The summed E-state index contributed by atoms with van der Waals surface area (Å²) in [7, 11) is -0.863. The van der Waals surface area contributed by atoms with Crippen molar-refractivity contribution in [3.05, 3.63) is 83.9 Å². The Balaban J connectivity index is 1.55. The van der Waals surface area contributed by atoms with Crippen molar-refractivity contribution in [3.8, 4) is 5.75 Å². The summed E-state index contributed by atoms with van der Waals surface area (Å²) in [5, 5.41) is 26.4. The number of carbonyl (C=O) groups excluding carboxylic acids is 3. The minimum atomic E-state index is -2.49. The Morgan fingerprint density at radius 3 is 2.43 bits per heavy atom. The average Bonchev–Trinajstić information content (AvgIpc) is 3.49. The van der Waals surface area contributed by atoms with Crippen LogP contribution in [0.25, 0.3) is 0 Å². The van der Waals surface area contributed by atoms with Crippen molar-refractivity contribution in [2.45, 2.75) is 63.3 Å². The Bertz CT molecular complexity index is 1580. The van der Waals surface area contributed by atoms with Crippen molar-refractivity contribution in [2.75, 3.05) is 30.9 Å². The largest absolute Gasteiger partial charge is 0.497 e. The number of amides is 3. The van der Waals surface area contributed by atoms with Gasteiger partial charge < -0.3 is 35.2 Å². The molecule has 1 fully saturated rings. The second-order valence-corrected chi connectivity index (χ2v) is 17.5. The minimum absolute atomic E-state index is 0.0250. The molecule has 2 aliphatic heterocycles. The molecule has 3 aromatic rings. The number of carbonyl (C=O) groups is 3. The Kier molecular flexibility index (Phi) is 9.69. The van der Waals surface area contributed by atoms with Gasteiger partial charge in [-0.1, -0.05) is 67.7 Å². The molecule has 5 rings (SSSR count). The molecule has 1 saturated heterocycles. The van der Waals surface area contributed by atoms with E-state index in [1.807, 2.05) is 49.4 Å². The number of hydrogen-bond acceptors (Lipinski definition) is 7. The molecule has 0 bridgehead atoms. The molecular formula is C35H43N3O7Si. The fraction of sp³-hybridized carbons (Fsp3) is 0.400. The molecule has 5 atom stereocenters. The second kappa shape index (κ2) is 13.4. The quantitative estimate of drug-likeness (QED) is 0.234. The van der Waals surface area contributed by atoms with Crippen LogP contribution in [0.2, 0.25) is 18.6 Å². The third-order valence-electron chi connectivity index (χ3n) is 9.55. The summed E-state index contributed by atoms with van der Waals surface area (Å²) in [5.41, 5.74) is 0.953. The molecule has 0 aliphatic carbocycles. The van der Waals surface area contributed by atoms with E-state index in [4.69, 9.17) is 9.47 Å². The van der Waals surface area contributed by atoms with Crippen LogP contribution in [0, 0.1) is 5.92 Å². The molecule has 3 aromatic carbocycles. The summed E-state index contributed by atoms with van der Waals surface area (Å²) in [6, 6.07) is 22.7. The SMILES string of the molecule is COc1ccc([Si](C)(C)[C@H]2[C@H](CC(=O)N(CCO)Cc3ccccc3)O[C@@]3(C(=O)Nc4ccc(NC(=O)[C@H](C)O)cc43)[C@@H]2C)cc1. The van der Waals surface area contributed by atoms with Gasteiger partial charge in [0.1, 0.15) is 11.9 Å². The van der Waals surface area contributed by atoms with Gasteiger partial charge in [-0.15, -0.1) is 0 Å². The molecule has 0 radical (unpaired) electrons. The van der Waals surface area contributed by atoms with E-state index in [1.54, 1.807) is 30.2 Å². The van der Waals surface area contributed by atoms with Crippen LogP contribution in [0.3, 0.4) is 0 Å². The third kappa shape index (κ3) is 6.20. The van der Waals surface area contributed by atoms with Crippen LogP contribution in [0.5, 0.6) is 5.75 Å². The van der Waals surface area contributed by atoms with E-state index in [1.165, 1.54) is 6.92 Å².